The van der Waals surface area contributed by atoms with Gasteiger partial charge in [0.1, 0.15) is 5.52 Å². The summed E-state index contributed by atoms with van der Waals surface area (Å²) in [6.45, 7) is 0. The lowest BCUT2D eigenvalue weighted by Gasteiger charge is -2.06. The van der Waals surface area contributed by atoms with E-state index in [0.717, 1.165) is 5.39 Å². The first kappa shape index (κ1) is 14.0. The van der Waals surface area contributed by atoms with Crippen molar-refractivity contribution in [3.05, 3.63) is 72.4 Å². The lowest BCUT2D eigenvalue weighted by atomic mass is 10.2. The average Bonchev–Trinajstić information content (AvgIpc) is 2.48. The maximum absolute atomic E-state index is 12.0. The lowest BCUT2D eigenvalue weighted by Crippen LogP contribution is -2.08. The minimum absolute atomic E-state index is 0. The van der Waals surface area contributed by atoms with Crippen LogP contribution < -0.4 is 4.74 Å². The molecule has 0 aliphatic rings. The van der Waals surface area contributed by atoms with Gasteiger partial charge < -0.3 is 4.74 Å². The second-order valence-corrected chi connectivity index (χ2v) is 4.09. The number of fused-ring (bicyclic) bond motifs is 1. The molecule has 0 amide bonds. The van der Waals surface area contributed by atoms with Crippen LogP contribution in [0.1, 0.15) is 10.4 Å². The van der Waals surface area contributed by atoms with Crippen molar-refractivity contribution in [3.8, 4) is 5.75 Å². The van der Waals surface area contributed by atoms with E-state index in [9.17, 15) is 4.79 Å². The molecular formula is C16H12ClNO2. The maximum atomic E-state index is 12.0. The molecule has 4 heteroatoms. The Morgan fingerprint density at radius 1 is 0.900 bits per heavy atom. The molecule has 0 aliphatic heterocycles. The van der Waals surface area contributed by atoms with Crippen LogP contribution in [0.3, 0.4) is 0 Å². The number of pyridine rings is 1. The Morgan fingerprint density at radius 3 is 2.45 bits per heavy atom. The van der Waals surface area contributed by atoms with Crippen molar-refractivity contribution in [2.45, 2.75) is 0 Å². The molecular weight excluding hydrogens is 274 g/mol. The highest BCUT2D eigenvalue weighted by Gasteiger charge is 2.10. The van der Waals surface area contributed by atoms with Gasteiger partial charge in [-0.2, -0.15) is 0 Å². The van der Waals surface area contributed by atoms with E-state index in [0.29, 0.717) is 16.8 Å². The largest absolute Gasteiger partial charge is 0.421 e. The van der Waals surface area contributed by atoms with Gasteiger partial charge in [0.05, 0.1) is 5.56 Å². The van der Waals surface area contributed by atoms with Gasteiger partial charge in [-0.05, 0) is 24.3 Å². The molecule has 0 fully saturated rings. The first-order valence-corrected chi connectivity index (χ1v) is 5.95. The standard InChI is InChI=1S/C16H11NO2.ClH/c18-16(13-6-2-1-3-7-13)19-14-10-4-8-12-9-5-11-17-15(12)14;/h1-11H;1H. The lowest BCUT2D eigenvalue weighted by molar-refractivity contribution is 0.0737. The van der Waals surface area contributed by atoms with E-state index in [4.69, 9.17) is 4.74 Å². The Morgan fingerprint density at radius 2 is 1.65 bits per heavy atom. The van der Waals surface area contributed by atoms with E-state index in [-0.39, 0.29) is 18.4 Å². The Labute approximate surface area is 122 Å². The Kier molecular flexibility index (Phi) is 4.33. The Balaban J connectivity index is 0.00000147. The number of carbonyl (C=O) groups excluding carboxylic acids is 1. The number of hydrogen-bond acceptors (Lipinski definition) is 3. The molecule has 1 aromatic heterocycles. The van der Waals surface area contributed by atoms with Gasteiger partial charge in [-0.25, -0.2) is 4.79 Å². The summed E-state index contributed by atoms with van der Waals surface area (Å²) < 4.78 is 5.41. The highest BCUT2D eigenvalue weighted by Crippen LogP contribution is 2.23. The molecule has 100 valence electrons. The van der Waals surface area contributed by atoms with Crippen LogP contribution in [0.25, 0.3) is 10.9 Å². The number of aromatic nitrogens is 1. The van der Waals surface area contributed by atoms with Crippen molar-refractivity contribution >= 4 is 29.3 Å². The van der Waals surface area contributed by atoms with Gasteiger partial charge in [0.15, 0.2) is 5.75 Å². The van der Waals surface area contributed by atoms with Crippen molar-refractivity contribution in [1.29, 1.82) is 0 Å². The van der Waals surface area contributed by atoms with E-state index in [2.05, 4.69) is 4.98 Å². The van der Waals surface area contributed by atoms with Crippen LogP contribution in [0.2, 0.25) is 0 Å². The van der Waals surface area contributed by atoms with Crippen LogP contribution in [0.15, 0.2) is 66.9 Å². The SMILES string of the molecule is Cl.O=C(Oc1cccc2cccnc12)c1ccccc1. The molecule has 0 aliphatic carbocycles. The zero-order valence-corrected chi connectivity index (χ0v) is 11.3. The molecule has 20 heavy (non-hydrogen) atoms. The summed E-state index contributed by atoms with van der Waals surface area (Å²) in [5.74, 6) is 0.103. The zero-order valence-electron chi connectivity index (χ0n) is 10.5. The minimum atomic E-state index is -0.376. The number of halogens is 1. The molecule has 0 bridgehead atoms. The minimum Gasteiger partial charge on any atom is -0.421 e. The van der Waals surface area contributed by atoms with Crippen LogP contribution >= 0.6 is 12.4 Å². The molecule has 0 unspecified atom stereocenters. The fourth-order valence-electron chi connectivity index (χ4n) is 1.89. The third-order valence-electron chi connectivity index (χ3n) is 2.81. The third kappa shape index (κ3) is 2.78. The predicted molar refractivity (Wildman–Crippen MR) is 80.4 cm³/mol. The summed E-state index contributed by atoms with van der Waals surface area (Å²) in [4.78, 5) is 16.3. The van der Waals surface area contributed by atoms with E-state index in [1.807, 2.05) is 30.3 Å². The Bertz CT molecular complexity index is 723. The summed E-state index contributed by atoms with van der Waals surface area (Å²) in [5.41, 5.74) is 1.21. The number of carbonyl (C=O) groups is 1. The van der Waals surface area contributed by atoms with Gasteiger partial charge in [-0.3, -0.25) is 4.98 Å². The average molecular weight is 286 g/mol. The summed E-state index contributed by atoms with van der Waals surface area (Å²) >= 11 is 0. The van der Waals surface area contributed by atoms with Gasteiger partial charge in [-0.1, -0.05) is 36.4 Å². The van der Waals surface area contributed by atoms with Crippen molar-refractivity contribution in [2.24, 2.45) is 0 Å². The van der Waals surface area contributed by atoms with Crippen LogP contribution in [0.4, 0.5) is 0 Å². The monoisotopic (exact) mass is 285 g/mol. The topological polar surface area (TPSA) is 39.2 Å². The quantitative estimate of drug-likeness (QED) is 0.530. The number of para-hydroxylation sites is 1. The number of benzene rings is 2. The normalized spacial score (nSPS) is 9.80. The van der Waals surface area contributed by atoms with Gasteiger partial charge in [0, 0.05) is 11.6 Å². The van der Waals surface area contributed by atoms with Crippen LogP contribution in [0, 0.1) is 0 Å². The summed E-state index contributed by atoms with van der Waals surface area (Å²) in [6, 6.07) is 18.2. The maximum Gasteiger partial charge on any atom is 0.343 e. The van der Waals surface area contributed by atoms with Gasteiger partial charge in [0.2, 0.25) is 0 Å². The van der Waals surface area contributed by atoms with Crippen LogP contribution in [0.5, 0.6) is 5.75 Å². The molecule has 3 rings (SSSR count). The molecule has 3 nitrogen and oxygen atoms in total. The fraction of sp³-hybridized carbons (Fsp3) is 0. The molecule has 0 saturated carbocycles. The highest BCUT2D eigenvalue weighted by atomic mass is 35.5. The third-order valence-corrected chi connectivity index (χ3v) is 2.81. The van der Waals surface area contributed by atoms with Gasteiger partial charge in [-0.15, -0.1) is 12.4 Å². The number of hydrogen-bond donors (Lipinski definition) is 0. The smallest absolute Gasteiger partial charge is 0.343 e. The predicted octanol–water partition coefficient (Wildman–Crippen LogP) is 3.88. The summed E-state index contributed by atoms with van der Waals surface area (Å²) in [7, 11) is 0. The number of esters is 1. The second kappa shape index (κ2) is 6.17. The van der Waals surface area contributed by atoms with Crippen molar-refractivity contribution in [2.75, 3.05) is 0 Å². The van der Waals surface area contributed by atoms with Gasteiger partial charge in [0.25, 0.3) is 0 Å². The fourth-order valence-corrected chi connectivity index (χ4v) is 1.89. The molecule has 0 atom stereocenters. The number of rotatable bonds is 2. The molecule has 3 aromatic rings. The first-order chi connectivity index (χ1) is 9.34. The molecule has 0 radical (unpaired) electrons. The summed E-state index contributed by atoms with van der Waals surface area (Å²) in [6.07, 6.45) is 1.68. The zero-order chi connectivity index (χ0) is 13.1. The van der Waals surface area contributed by atoms with Crippen LogP contribution in [-0.2, 0) is 0 Å². The van der Waals surface area contributed by atoms with Crippen LogP contribution in [-0.4, -0.2) is 11.0 Å². The second-order valence-electron chi connectivity index (χ2n) is 4.09. The van der Waals surface area contributed by atoms with Gasteiger partial charge >= 0.3 is 5.97 Å². The van der Waals surface area contributed by atoms with E-state index < -0.39 is 0 Å². The van der Waals surface area contributed by atoms with E-state index in [1.165, 1.54) is 0 Å². The molecule has 0 N–H and O–H groups in total. The van der Waals surface area contributed by atoms with E-state index in [1.54, 1.807) is 36.5 Å². The highest BCUT2D eigenvalue weighted by molar-refractivity contribution is 5.94. The van der Waals surface area contributed by atoms with E-state index >= 15 is 0 Å². The number of nitrogens with zero attached hydrogens (tertiary/aromatic N) is 1. The molecule has 0 saturated heterocycles. The Hall–Kier alpha value is -2.39. The first-order valence-electron chi connectivity index (χ1n) is 5.95. The molecule has 1 heterocycles. The molecule has 0 spiro atoms. The molecule has 2 aromatic carbocycles. The van der Waals surface area contributed by atoms with Crippen molar-refractivity contribution < 1.29 is 9.53 Å². The van der Waals surface area contributed by atoms with Crippen molar-refractivity contribution in [3.63, 3.8) is 0 Å². The van der Waals surface area contributed by atoms with Crippen molar-refractivity contribution in [1.82, 2.24) is 4.98 Å². The number of ether oxygens (including phenoxy) is 1. The summed E-state index contributed by atoms with van der Waals surface area (Å²) in [5, 5.41) is 0.945.